The Morgan fingerprint density at radius 1 is 1.65 bits per heavy atom. The molecule has 0 spiro atoms. The van der Waals surface area contributed by atoms with Crippen LogP contribution in [0.2, 0.25) is 0 Å². The lowest BCUT2D eigenvalue weighted by atomic mass is 10.4. The molecule has 92 valence electrons. The van der Waals surface area contributed by atoms with Gasteiger partial charge >= 0.3 is 0 Å². The van der Waals surface area contributed by atoms with E-state index in [1.807, 2.05) is 17.5 Å². The van der Waals surface area contributed by atoms with E-state index in [0.29, 0.717) is 11.7 Å². The molecule has 0 aliphatic carbocycles. The van der Waals surface area contributed by atoms with Crippen LogP contribution in [0.25, 0.3) is 10.7 Å². The lowest BCUT2D eigenvalue weighted by Crippen LogP contribution is -2.09. The Kier molecular flexibility index (Phi) is 4.03. The number of aromatic nitrogens is 2. The molecule has 0 radical (unpaired) electrons. The monoisotopic (exact) mass is 272 g/mol. The van der Waals surface area contributed by atoms with Gasteiger partial charge in [0.15, 0.2) is 0 Å². The average Bonchev–Trinajstić information content (AvgIpc) is 2.98. The molecule has 2 atom stereocenters. The van der Waals surface area contributed by atoms with Crippen LogP contribution in [0.4, 0.5) is 0 Å². The van der Waals surface area contributed by atoms with Crippen LogP contribution in [0, 0.1) is 0 Å². The summed E-state index contributed by atoms with van der Waals surface area (Å²) in [4.78, 5) is 5.13. The van der Waals surface area contributed by atoms with E-state index in [9.17, 15) is 4.21 Å². The molecule has 0 unspecified atom stereocenters. The van der Waals surface area contributed by atoms with E-state index in [4.69, 9.17) is 9.63 Å². The van der Waals surface area contributed by atoms with Gasteiger partial charge in [0.05, 0.1) is 11.5 Å². The number of rotatable bonds is 5. The Morgan fingerprint density at radius 3 is 3.12 bits per heavy atom. The first-order valence-corrected chi connectivity index (χ1v) is 7.34. The Hall–Kier alpha value is -1.05. The first-order valence-electron chi connectivity index (χ1n) is 5.08. The molecule has 7 heteroatoms. The molecule has 0 aliphatic heterocycles. The second-order valence-electron chi connectivity index (χ2n) is 3.38. The molecule has 17 heavy (non-hydrogen) atoms. The van der Waals surface area contributed by atoms with Crippen molar-refractivity contribution >= 4 is 22.1 Å². The Labute approximate surface area is 105 Å². The summed E-state index contributed by atoms with van der Waals surface area (Å²) in [6.45, 7) is 1.64. The quantitative estimate of drug-likeness (QED) is 0.894. The van der Waals surface area contributed by atoms with Crippen LogP contribution in [0.1, 0.15) is 18.1 Å². The van der Waals surface area contributed by atoms with E-state index in [-0.39, 0.29) is 17.6 Å². The summed E-state index contributed by atoms with van der Waals surface area (Å²) >= 11 is 1.52. The van der Waals surface area contributed by atoms with Gasteiger partial charge in [0.1, 0.15) is 5.25 Å². The second kappa shape index (κ2) is 5.52. The number of hydrogen-bond donors (Lipinski definition) is 1. The van der Waals surface area contributed by atoms with Crippen molar-refractivity contribution in [1.29, 1.82) is 0 Å². The molecule has 0 saturated carbocycles. The van der Waals surface area contributed by atoms with Crippen LogP contribution in [-0.4, -0.2) is 31.8 Å². The van der Waals surface area contributed by atoms with Gasteiger partial charge in [-0.2, -0.15) is 4.98 Å². The van der Waals surface area contributed by atoms with Crippen molar-refractivity contribution in [3.05, 3.63) is 23.4 Å². The van der Waals surface area contributed by atoms with Crippen molar-refractivity contribution < 1.29 is 13.8 Å². The number of aliphatic hydroxyl groups excluding tert-OH is 1. The standard InChI is InChI=1S/C10H12N2O3S2/c1-7(17(14)6-4-13)10-11-9(12-15-10)8-3-2-5-16-8/h2-3,5,7,13H,4,6H2,1H3/t7-,17-/m0/s1. The summed E-state index contributed by atoms with van der Waals surface area (Å²) in [7, 11) is -1.19. The lowest BCUT2D eigenvalue weighted by molar-refractivity contribution is 0.320. The van der Waals surface area contributed by atoms with Gasteiger partial charge in [-0.3, -0.25) is 4.21 Å². The van der Waals surface area contributed by atoms with Gasteiger partial charge in [-0.15, -0.1) is 11.3 Å². The van der Waals surface area contributed by atoms with Gasteiger partial charge in [-0.05, 0) is 18.4 Å². The van der Waals surface area contributed by atoms with Gasteiger partial charge in [-0.25, -0.2) is 0 Å². The zero-order chi connectivity index (χ0) is 12.3. The summed E-state index contributed by atoms with van der Waals surface area (Å²) < 4.78 is 16.8. The van der Waals surface area contributed by atoms with Crippen LogP contribution >= 0.6 is 11.3 Å². The van der Waals surface area contributed by atoms with E-state index in [2.05, 4.69) is 10.1 Å². The Balaban J connectivity index is 2.16. The van der Waals surface area contributed by atoms with Crippen LogP contribution in [0.3, 0.4) is 0 Å². The van der Waals surface area contributed by atoms with Crippen molar-refractivity contribution in [1.82, 2.24) is 10.1 Å². The summed E-state index contributed by atoms with van der Waals surface area (Å²) in [6.07, 6.45) is 0. The van der Waals surface area contributed by atoms with Gasteiger partial charge in [0.25, 0.3) is 0 Å². The van der Waals surface area contributed by atoms with E-state index >= 15 is 0 Å². The van der Waals surface area contributed by atoms with Crippen molar-refractivity contribution in [2.75, 3.05) is 12.4 Å². The number of hydrogen-bond acceptors (Lipinski definition) is 6. The fraction of sp³-hybridized carbons (Fsp3) is 0.400. The maximum atomic E-state index is 11.7. The molecule has 1 N–H and O–H groups in total. The van der Waals surface area contributed by atoms with Gasteiger partial charge < -0.3 is 9.63 Å². The minimum Gasteiger partial charge on any atom is -0.395 e. The normalized spacial score (nSPS) is 14.7. The van der Waals surface area contributed by atoms with Crippen LogP contribution in [0.15, 0.2) is 22.0 Å². The van der Waals surface area contributed by atoms with Crippen molar-refractivity contribution in [2.45, 2.75) is 12.2 Å². The predicted octanol–water partition coefficient (Wildman–Crippen LogP) is 1.60. The molecule has 2 aromatic heterocycles. The summed E-state index contributed by atoms with van der Waals surface area (Å²) in [5.41, 5.74) is 0. The fourth-order valence-electron chi connectivity index (χ4n) is 1.29. The molecule has 5 nitrogen and oxygen atoms in total. The largest absolute Gasteiger partial charge is 0.395 e. The van der Waals surface area contributed by atoms with Crippen LogP contribution in [0.5, 0.6) is 0 Å². The number of aliphatic hydroxyl groups is 1. The van der Waals surface area contributed by atoms with Crippen molar-refractivity contribution in [3.63, 3.8) is 0 Å². The smallest absolute Gasteiger partial charge is 0.242 e. The zero-order valence-electron chi connectivity index (χ0n) is 9.20. The molecule has 0 aliphatic rings. The first-order chi connectivity index (χ1) is 8.22. The third-order valence-corrected chi connectivity index (χ3v) is 4.66. The van der Waals surface area contributed by atoms with Gasteiger partial charge in [0.2, 0.25) is 11.7 Å². The van der Waals surface area contributed by atoms with Crippen LogP contribution in [-0.2, 0) is 10.8 Å². The van der Waals surface area contributed by atoms with Crippen molar-refractivity contribution in [2.24, 2.45) is 0 Å². The molecule has 0 bridgehead atoms. The molecule has 2 aromatic rings. The molecular weight excluding hydrogens is 260 g/mol. The van der Waals surface area contributed by atoms with E-state index < -0.39 is 10.8 Å². The highest BCUT2D eigenvalue weighted by Crippen LogP contribution is 2.24. The zero-order valence-corrected chi connectivity index (χ0v) is 10.8. The number of thiophene rings is 1. The van der Waals surface area contributed by atoms with Crippen molar-refractivity contribution in [3.8, 4) is 10.7 Å². The molecule has 0 aromatic carbocycles. The summed E-state index contributed by atoms with van der Waals surface area (Å²) in [5, 5.41) is 14.2. The maximum Gasteiger partial charge on any atom is 0.242 e. The van der Waals surface area contributed by atoms with Crippen LogP contribution < -0.4 is 0 Å². The Morgan fingerprint density at radius 2 is 2.47 bits per heavy atom. The highest BCUT2D eigenvalue weighted by Gasteiger charge is 2.20. The third kappa shape index (κ3) is 2.80. The molecular formula is C10H12N2O3S2. The topological polar surface area (TPSA) is 76.2 Å². The number of nitrogens with zero attached hydrogens (tertiary/aromatic N) is 2. The SMILES string of the molecule is C[C@@H](c1nc(-c2cccs2)no1)[S@@](=O)CCO. The average molecular weight is 272 g/mol. The van der Waals surface area contributed by atoms with E-state index in [1.165, 1.54) is 11.3 Å². The molecule has 2 heterocycles. The molecule has 2 rings (SSSR count). The van der Waals surface area contributed by atoms with Gasteiger partial charge in [-0.1, -0.05) is 11.2 Å². The van der Waals surface area contributed by atoms with E-state index in [1.54, 1.807) is 6.92 Å². The highest BCUT2D eigenvalue weighted by atomic mass is 32.2. The lowest BCUT2D eigenvalue weighted by Gasteiger charge is -2.03. The predicted molar refractivity (Wildman–Crippen MR) is 66.1 cm³/mol. The second-order valence-corrected chi connectivity index (χ2v) is 6.21. The molecule has 0 saturated heterocycles. The molecule has 0 amide bonds. The Bertz CT molecular complexity index is 495. The fourth-order valence-corrected chi connectivity index (χ4v) is 2.79. The summed E-state index contributed by atoms with van der Waals surface area (Å²) in [6, 6.07) is 3.80. The molecule has 0 fully saturated rings. The maximum absolute atomic E-state index is 11.7. The first kappa shape index (κ1) is 12.4. The van der Waals surface area contributed by atoms with Gasteiger partial charge in [0, 0.05) is 16.6 Å². The highest BCUT2D eigenvalue weighted by molar-refractivity contribution is 7.85. The third-order valence-electron chi connectivity index (χ3n) is 2.22. The minimum absolute atomic E-state index is 0.108. The minimum atomic E-state index is -1.19. The van der Waals surface area contributed by atoms with E-state index in [0.717, 1.165) is 4.88 Å². The summed E-state index contributed by atoms with van der Waals surface area (Å²) in [5.74, 6) is 1.08.